The summed E-state index contributed by atoms with van der Waals surface area (Å²) in [6.45, 7) is 5.82. The zero-order valence-corrected chi connectivity index (χ0v) is 12.8. The minimum atomic E-state index is -0.487. The summed E-state index contributed by atoms with van der Waals surface area (Å²) in [5, 5.41) is 10.9. The van der Waals surface area contributed by atoms with E-state index in [-0.39, 0.29) is 0 Å². The Balaban J connectivity index is 2.23. The predicted octanol–water partition coefficient (Wildman–Crippen LogP) is 3.31. The molecule has 0 aliphatic rings. The summed E-state index contributed by atoms with van der Waals surface area (Å²) in [6.07, 6.45) is 1.36. The van der Waals surface area contributed by atoms with Crippen molar-refractivity contribution in [2.75, 3.05) is 0 Å². The molecule has 21 heavy (non-hydrogen) atoms. The minimum Gasteiger partial charge on any atom is -0.389 e. The highest BCUT2D eigenvalue weighted by molar-refractivity contribution is 5.85. The van der Waals surface area contributed by atoms with E-state index < -0.39 is 6.10 Å². The first-order valence-corrected chi connectivity index (χ1v) is 7.05. The zero-order chi connectivity index (χ0) is 15.1. The van der Waals surface area contributed by atoms with Crippen LogP contribution in [0.1, 0.15) is 30.0 Å². The van der Waals surface area contributed by atoms with Crippen LogP contribution in [0.15, 0.2) is 30.5 Å². The molecule has 1 unspecified atom stereocenters. The summed E-state index contributed by atoms with van der Waals surface area (Å²) in [5.41, 5.74) is 4.87. The highest BCUT2D eigenvalue weighted by Gasteiger charge is 2.11. The van der Waals surface area contributed by atoms with Crippen LogP contribution in [0.25, 0.3) is 22.3 Å². The highest BCUT2D eigenvalue weighted by atomic mass is 16.3. The van der Waals surface area contributed by atoms with Crippen LogP contribution in [0, 0.1) is 13.8 Å². The standard InChI is InChI=1S/C17H19N3O/c1-10-7-16(17-9-18-12(3)20(17)4)19-15-8-13(11(2)21)5-6-14(10)15/h5-9,11,21H,1-4H3. The monoisotopic (exact) mass is 281 g/mol. The lowest BCUT2D eigenvalue weighted by molar-refractivity contribution is 0.199. The number of imidazole rings is 1. The molecule has 0 fully saturated rings. The number of benzene rings is 1. The Morgan fingerprint density at radius 1 is 1.19 bits per heavy atom. The molecular weight excluding hydrogens is 262 g/mol. The fourth-order valence-corrected chi connectivity index (χ4v) is 2.55. The van der Waals surface area contributed by atoms with Gasteiger partial charge in [-0.05, 0) is 44.0 Å². The van der Waals surface area contributed by atoms with Gasteiger partial charge in [0.1, 0.15) is 5.82 Å². The summed E-state index contributed by atoms with van der Waals surface area (Å²) in [7, 11) is 1.99. The average Bonchev–Trinajstić information content (AvgIpc) is 2.78. The molecule has 0 aliphatic heterocycles. The smallest absolute Gasteiger partial charge is 0.105 e. The topological polar surface area (TPSA) is 50.9 Å². The van der Waals surface area contributed by atoms with Gasteiger partial charge in [-0.2, -0.15) is 0 Å². The van der Waals surface area contributed by atoms with Gasteiger partial charge in [0, 0.05) is 12.4 Å². The number of hydrogen-bond donors (Lipinski definition) is 1. The van der Waals surface area contributed by atoms with Gasteiger partial charge in [0.15, 0.2) is 0 Å². The van der Waals surface area contributed by atoms with Gasteiger partial charge in [-0.3, -0.25) is 0 Å². The first-order valence-electron chi connectivity index (χ1n) is 7.05. The quantitative estimate of drug-likeness (QED) is 0.784. The van der Waals surface area contributed by atoms with E-state index in [1.54, 1.807) is 6.92 Å². The van der Waals surface area contributed by atoms with E-state index in [1.165, 1.54) is 5.56 Å². The molecule has 0 bridgehead atoms. The Labute approximate surface area is 124 Å². The van der Waals surface area contributed by atoms with Crippen molar-refractivity contribution in [2.24, 2.45) is 7.05 Å². The molecule has 1 N–H and O–H groups in total. The molecule has 2 aromatic heterocycles. The number of hydrogen-bond acceptors (Lipinski definition) is 3. The van der Waals surface area contributed by atoms with Gasteiger partial charge >= 0.3 is 0 Å². The third-order valence-electron chi connectivity index (χ3n) is 4.01. The maximum atomic E-state index is 9.74. The number of fused-ring (bicyclic) bond motifs is 1. The van der Waals surface area contributed by atoms with E-state index in [0.717, 1.165) is 33.7 Å². The van der Waals surface area contributed by atoms with Crippen molar-refractivity contribution in [2.45, 2.75) is 26.9 Å². The first kappa shape index (κ1) is 13.8. The van der Waals surface area contributed by atoms with Gasteiger partial charge in [0.25, 0.3) is 0 Å². The van der Waals surface area contributed by atoms with E-state index in [2.05, 4.69) is 18.0 Å². The summed E-state index contributed by atoms with van der Waals surface area (Å²) in [6, 6.07) is 8.02. The normalized spacial score (nSPS) is 12.8. The molecule has 0 radical (unpaired) electrons. The van der Waals surface area contributed by atoms with Gasteiger partial charge in [0.2, 0.25) is 0 Å². The Hall–Kier alpha value is -2.20. The van der Waals surface area contributed by atoms with Crippen molar-refractivity contribution in [3.63, 3.8) is 0 Å². The van der Waals surface area contributed by atoms with E-state index in [9.17, 15) is 5.11 Å². The van der Waals surface area contributed by atoms with Crippen molar-refractivity contribution >= 4 is 10.9 Å². The molecule has 3 rings (SSSR count). The second-order valence-corrected chi connectivity index (χ2v) is 5.53. The lowest BCUT2D eigenvalue weighted by atomic mass is 10.0. The van der Waals surface area contributed by atoms with Gasteiger partial charge in [-0.1, -0.05) is 12.1 Å². The summed E-state index contributed by atoms with van der Waals surface area (Å²) >= 11 is 0. The molecule has 0 saturated carbocycles. The summed E-state index contributed by atoms with van der Waals surface area (Å²) in [4.78, 5) is 9.08. The highest BCUT2D eigenvalue weighted by Crippen LogP contribution is 2.26. The second kappa shape index (κ2) is 4.97. The molecule has 4 nitrogen and oxygen atoms in total. The van der Waals surface area contributed by atoms with Crippen LogP contribution in [0.2, 0.25) is 0 Å². The number of rotatable bonds is 2. The Kier molecular flexibility index (Phi) is 3.26. The van der Waals surface area contributed by atoms with E-state index in [4.69, 9.17) is 4.98 Å². The molecule has 3 aromatic rings. The number of pyridine rings is 1. The molecular formula is C17H19N3O. The Morgan fingerprint density at radius 3 is 2.57 bits per heavy atom. The van der Waals surface area contributed by atoms with E-state index in [1.807, 2.05) is 42.9 Å². The Bertz CT molecular complexity index is 818. The molecule has 1 atom stereocenters. The fourth-order valence-electron chi connectivity index (χ4n) is 2.55. The molecule has 108 valence electrons. The van der Waals surface area contributed by atoms with Crippen LogP contribution in [-0.4, -0.2) is 19.6 Å². The Morgan fingerprint density at radius 2 is 1.95 bits per heavy atom. The molecule has 0 spiro atoms. The predicted molar refractivity (Wildman–Crippen MR) is 84.1 cm³/mol. The van der Waals surface area contributed by atoms with Crippen LogP contribution in [0.4, 0.5) is 0 Å². The first-order chi connectivity index (χ1) is 9.97. The number of aliphatic hydroxyl groups excluding tert-OH is 1. The van der Waals surface area contributed by atoms with Crippen molar-refractivity contribution < 1.29 is 5.11 Å². The number of aliphatic hydroxyl groups is 1. The van der Waals surface area contributed by atoms with Crippen molar-refractivity contribution in [3.05, 3.63) is 47.4 Å². The zero-order valence-electron chi connectivity index (χ0n) is 12.8. The van der Waals surface area contributed by atoms with Gasteiger partial charge in [-0.25, -0.2) is 9.97 Å². The van der Waals surface area contributed by atoms with E-state index in [0.29, 0.717) is 0 Å². The van der Waals surface area contributed by atoms with Crippen LogP contribution in [0.5, 0.6) is 0 Å². The third kappa shape index (κ3) is 2.32. The van der Waals surface area contributed by atoms with Crippen molar-refractivity contribution in [1.82, 2.24) is 14.5 Å². The van der Waals surface area contributed by atoms with Gasteiger partial charge in [-0.15, -0.1) is 0 Å². The average molecular weight is 281 g/mol. The summed E-state index contributed by atoms with van der Waals surface area (Å²) in [5.74, 6) is 0.960. The number of aryl methyl sites for hydroxylation is 2. The van der Waals surface area contributed by atoms with Gasteiger partial charge < -0.3 is 9.67 Å². The molecule has 0 saturated heterocycles. The lowest BCUT2D eigenvalue weighted by Gasteiger charge is -2.10. The SMILES string of the molecule is Cc1cc(-c2cnc(C)n2C)nc2cc(C(C)O)ccc12. The van der Waals surface area contributed by atoms with Gasteiger partial charge in [0.05, 0.1) is 29.2 Å². The van der Waals surface area contributed by atoms with Crippen LogP contribution in [0.3, 0.4) is 0 Å². The molecule has 4 heteroatoms. The molecule has 2 heterocycles. The fraction of sp³-hybridized carbons (Fsp3) is 0.294. The van der Waals surface area contributed by atoms with Crippen molar-refractivity contribution in [1.29, 1.82) is 0 Å². The summed E-state index contributed by atoms with van der Waals surface area (Å²) < 4.78 is 2.03. The molecule has 0 amide bonds. The van der Waals surface area contributed by atoms with Crippen molar-refractivity contribution in [3.8, 4) is 11.4 Å². The molecule has 1 aromatic carbocycles. The van der Waals surface area contributed by atoms with E-state index >= 15 is 0 Å². The molecule has 0 aliphatic carbocycles. The lowest BCUT2D eigenvalue weighted by Crippen LogP contribution is -1.98. The largest absolute Gasteiger partial charge is 0.389 e. The minimum absolute atomic E-state index is 0.487. The number of aromatic nitrogens is 3. The third-order valence-corrected chi connectivity index (χ3v) is 4.01. The van der Waals surface area contributed by atoms with Crippen LogP contribution >= 0.6 is 0 Å². The number of nitrogens with zero attached hydrogens (tertiary/aromatic N) is 3. The van der Waals surface area contributed by atoms with Crippen LogP contribution < -0.4 is 0 Å². The second-order valence-electron chi connectivity index (χ2n) is 5.53. The maximum Gasteiger partial charge on any atom is 0.105 e. The van der Waals surface area contributed by atoms with Crippen LogP contribution in [-0.2, 0) is 7.05 Å². The maximum absolute atomic E-state index is 9.74.